The first kappa shape index (κ1) is 22.4. The molecule has 144 valence electrons. The molecular weight excluding hydrogens is 387 g/mol. The van der Waals surface area contributed by atoms with Gasteiger partial charge < -0.3 is 10.6 Å². The van der Waals surface area contributed by atoms with Crippen molar-refractivity contribution in [2.45, 2.75) is 32.5 Å². The Balaban J connectivity index is 0.00000338. The van der Waals surface area contributed by atoms with Crippen LogP contribution in [-0.2, 0) is 12.6 Å². The molecule has 9 heteroatoms. The molecule has 0 radical (unpaired) electrons. The Bertz CT molecular complexity index is 736. The molecule has 26 heavy (non-hydrogen) atoms. The van der Waals surface area contributed by atoms with E-state index in [1.54, 1.807) is 25.3 Å². The highest BCUT2D eigenvalue weighted by atomic mass is 35.5. The van der Waals surface area contributed by atoms with Crippen molar-refractivity contribution in [3.63, 3.8) is 0 Å². The fraction of sp³-hybridized carbons (Fsp3) is 0.412. The molecule has 0 bridgehead atoms. The minimum absolute atomic E-state index is 0. The number of nitrogens with two attached hydrogens (primary N) is 1. The van der Waals surface area contributed by atoms with Gasteiger partial charge in [0.05, 0.1) is 16.6 Å². The lowest BCUT2D eigenvalue weighted by atomic mass is 10.0. The highest BCUT2D eigenvalue weighted by Crippen LogP contribution is 2.32. The van der Waals surface area contributed by atoms with Crippen LogP contribution in [0.25, 0.3) is 0 Å². The van der Waals surface area contributed by atoms with Gasteiger partial charge in [0.15, 0.2) is 0 Å². The van der Waals surface area contributed by atoms with Crippen molar-refractivity contribution in [3.05, 3.63) is 51.5 Å². The predicted octanol–water partition coefficient (Wildman–Crippen LogP) is 4.31. The van der Waals surface area contributed by atoms with Gasteiger partial charge in [-0.25, -0.2) is 4.98 Å². The number of alkyl halides is 3. The topological polar surface area (TPSA) is 59.2 Å². The zero-order valence-corrected chi connectivity index (χ0v) is 16.0. The molecule has 1 atom stereocenters. The minimum Gasteiger partial charge on any atom is -0.331 e. The van der Waals surface area contributed by atoms with Crippen LogP contribution in [0, 0.1) is 0 Å². The van der Waals surface area contributed by atoms with Crippen LogP contribution in [0.5, 0.6) is 0 Å². The average Bonchev–Trinajstić information content (AvgIpc) is 3.03. The van der Waals surface area contributed by atoms with Crippen LogP contribution in [0.2, 0.25) is 0 Å². The number of rotatable bonds is 6. The molecule has 2 rings (SSSR count). The molecule has 1 aromatic carbocycles. The Morgan fingerprint density at radius 2 is 2.08 bits per heavy atom. The molecular formula is C17H21ClF3N3OS. The van der Waals surface area contributed by atoms with Gasteiger partial charge in [-0.2, -0.15) is 13.2 Å². The summed E-state index contributed by atoms with van der Waals surface area (Å²) in [5.74, 6) is -0.299. The maximum absolute atomic E-state index is 12.9. The van der Waals surface area contributed by atoms with Crippen molar-refractivity contribution >= 4 is 29.7 Å². The predicted molar refractivity (Wildman–Crippen MR) is 98.7 cm³/mol. The molecule has 2 N–H and O–H groups in total. The van der Waals surface area contributed by atoms with Crippen molar-refractivity contribution in [1.82, 2.24) is 9.88 Å². The third kappa shape index (κ3) is 5.18. The molecule has 0 saturated heterocycles. The van der Waals surface area contributed by atoms with E-state index in [2.05, 4.69) is 4.98 Å². The van der Waals surface area contributed by atoms with Gasteiger partial charge in [0.2, 0.25) is 0 Å². The molecule has 0 fully saturated rings. The lowest BCUT2D eigenvalue weighted by Crippen LogP contribution is -2.33. The van der Waals surface area contributed by atoms with Crippen LogP contribution in [0.3, 0.4) is 0 Å². The van der Waals surface area contributed by atoms with E-state index in [1.807, 2.05) is 0 Å². The van der Waals surface area contributed by atoms with Gasteiger partial charge in [-0.1, -0.05) is 12.1 Å². The van der Waals surface area contributed by atoms with E-state index in [1.165, 1.54) is 22.3 Å². The second-order valence-corrected chi connectivity index (χ2v) is 6.50. The lowest BCUT2D eigenvalue weighted by Gasteiger charge is -2.28. The number of hydrogen-bond donors (Lipinski definition) is 1. The van der Waals surface area contributed by atoms with Crippen molar-refractivity contribution in [2.24, 2.45) is 5.73 Å². The minimum atomic E-state index is -4.41. The zero-order chi connectivity index (χ0) is 18.6. The summed E-state index contributed by atoms with van der Waals surface area (Å²) in [6.45, 7) is 4.30. The monoisotopic (exact) mass is 407 g/mol. The van der Waals surface area contributed by atoms with E-state index < -0.39 is 17.8 Å². The summed E-state index contributed by atoms with van der Waals surface area (Å²) in [5.41, 5.74) is 5.49. The van der Waals surface area contributed by atoms with E-state index in [9.17, 15) is 18.0 Å². The van der Waals surface area contributed by atoms with Crippen LogP contribution in [-0.4, -0.2) is 28.9 Å². The summed E-state index contributed by atoms with van der Waals surface area (Å²) in [6, 6.07) is 4.56. The molecule has 0 spiro atoms. The maximum Gasteiger partial charge on any atom is 0.416 e. The first-order valence-electron chi connectivity index (χ1n) is 7.90. The molecule has 0 aliphatic heterocycles. The molecule has 0 aliphatic carbocycles. The summed E-state index contributed by atoms with van der Waals surface area (Å²) in [6.07, 6.45) is -3.82. The van der Waals surface area contributed by atoms with Gasteiger partial charge in [-0.3, -0.25) is 4.79 Å². The third-order valence-corrected chi connectivity index (χ3v) is 4.80. The smallest absolute Gasteiger partial charge is 0.331 e. The Kier molecular flexibility index (Phi) is 8.05. The molecule has 1 heterocycles. The number of thiazole rings is 1. The van der Waals surface area contributed by atoms with Gasteiger partial charge in [0, 0.05) is 18.3 Å². The Hall–Kier alpha value is -1.64. The normalized spacial score (nSPS) is 12.4. The highest BCUT2D eigenvalue weighted by molar-refractivity contribution is 7.09. The third-order valence-electron chi connectivity index (χ3n) is 3.89. The number of carbonyl (C=O) groups is 1. The first-order chi connectivity index (χ1) is 11.8. The number of carbonyl (C=O) groups excluding carboxylic acids is 1. The second-order valence-electron chi connectivity index (χ2n) is 5.56. The van der Waals surface area contributed by atoms with E-state index in [4.69, 9.17) is 5.73 Å². The number of amides is 1. The quantitative estimate of drug-likeness (QED) is 0.776. The highest BCUT2D eigenvalue weighted by Gasteiger charge is 2.31. The van der Waals surface area contributed by atoms with Gasteiger partial charge in [0.25, 0.3) is 5.91 Å². The summed E-state index contributed by atoms with van der Waals surface area (Å²) < 4.78 is 38.7. The van der Waals surface area contributed by atoms with Gasteiger partial charge >= 0.3 is 6.18 Å². The molecule has 4 nitrogen and oxygen atoms in total. The molecule has 1 aromatic heterocycles. The van der Waals surface area contributed by atoms with Gasteiger partial charge in [-0.15, -0.1) is 23.7 Å². The Labute approximate surface area is 160 Å². The van der Waals surface area contributed by atoms with Gasteiger partial charge in [0.1, 0.15) is 5.69 Å². The van der Waals surface area contributed by atoms with E-state index in [0.717, 1.165) is 17.1 Å². The lowest BCUT2D eigenvalue weighted by molar-refractivity contribution is -0.137. The van der Waals surface area contributed by atoms with Crippen LogP contribution in [0.15, 0.2) is 29.6 Å². The summed E-state index contributed by atoms with van der Waals surface area (Å²) in [5, 5.41) is 2.43. The van der Waals surface area contributed by atoms with Crippen molar-refractivity contribution in [3.8, 4) is 0 Å². The van der Waals surface area contributed by atoms with Crippen LogP contribution < -0.4 is 5.73 Å². The Morgan fingerprint density at radius 3 is 2.65 bits per heavy atom. The second kappa shape index (κ2) is 9.34. The van der Waals surface area contributed by atoms with Crippen molar-refractivity contribution in [2.75, 3.05) is 13.1 Å². The van der Waals surface area contributed by atoms with E-state index >= 15 is 0 Å². The van der Waals surface area contributed by atoms with Crippen LogP contribution in [0.1, 0.15) is 46.5 Å². The summed E-state index contributed by atoms with van der Waals surface area (Å²) in [4.78, 5) is 18.5. The number of hydrogen-bond acceptors (Lipinski definition) is 4. The first-order valence-corrected chi connectivity index (χ1v) is 8.78. The van der Waals surface area contributed by atoms with E-state index in [-0.39, 0.29) is 18.3 Å². The SMILES string of the molecule is CCN(C(=O)c1csc(CCN)n1)C(C)c1cccc(C(F)(F)F)c1.Cl. The molecule has 1 unspecified atom stereocenters. The average molecular weight is 408 g/mol. The molecule has 1 amide bonds. The molecule has 2 aromatic rings. The maximum atomic E-state index is 12.9. The molecule has 0 saturated carbocycles. The fourth-order valence-electron chi connectivity index (χ4n) is 2.54. The molecule has 0 aliphatic rings. The number of aromatic nitrogens is 1. The largest absolute Gasteiger partial charge is 0.416 e. The number of halogens is 4. The van der Waals surface area contributed by atoms with Gasteiger partial charge in [-0.05, 0) is 38.1 Å². The van der Waals surface area contributed by atoms with Crippen LogP contribution in [0.4, 0.5) is 13.2 Å². The van der Waals surface area contributed by atoms with Crippen molar-refractivity contribution < 1.29 is 18.0 Å². The number of benzene rings is 1. The van der Waals surface area contributed by atoms with E-state index in [0.29, 0.717) is 30.8 Å². The number of nitrogens with zero attached hydrogens (tertiary/aromatic N) is 2. The standard InChI is InChI=1S/C17H20F3N3OS.ClH/c1-3-23(16(24)14-10-25-15(22-14)7-8-21)11(2)12-5-4-6-13(9-12)17(18,19)20;/h4-6,9-11H,3,7-8,21H2,1-2H3;1H. The van der Waals surface area contributed by atoms with Crippen LogP contribution >= 0.6 is 23.7 Å². The zero-order valence-electron chi connectivity index (χ0n) is 14.4. The summed E-state index contributed by atoms with van der Waals surface area (Å²) >= 11 is 1.36. The summed E-state index contributed by atoms with van der Waals surface area (Å²) in [7, 11) is 0. The fourth-order valence-corrected chi connectivity index (χ4v) is 3.33. The Morgan fingerprint density at radius 1 is 1.38 bits per heavy atom. The van der Waals surface area contributed by atoms with Crippen molar-refractivity contribution in [1.29, 1.82) is 0 Å².